The second-order valence-corrected chi connectivity index (χ2v) is 4.73. The lowest BCUT2D eigenvalue weighted by Crippen LogP contribution is -2.01. The molecule has 1 N–H and O–H groups in total. The van der Waals surface area contributed by atoms with Gasteiger partial charge in [0.25, 0.3) is 0 Å². The molecule has 0 radical (unpaired) electrons. The van der Waals surface area contributed by atoms with Crippen LogP contribution in [0.15, 0.2) is 10.6 Å². The van der Waals surface area contributed by atoms with Gasteiger partial charge in [-0.05, 0) is 26.7 Å². The minimum atomic E-state index is 0.597. The highest BCUT2D eigenvalue weighted by Gasteiger charge is 2.27. The maximum Gasteiger partial charge on any atom is 0.167 e. The van der Waals surface area contributed by atoms with Crippen LogP contribution in [-0.4, -0.2) is 22.2 Å². The lowest BCUT2D eigenvalue weighted by molar-refractivity contribution is 0.393. The first-order valence-electron chi connectivity index (χ1n) is 6.19. The first-order chi connectivity index (χ1) is 8.69. The predicted octanol–water partition coefficient (Wildman–Crippen LogP) is 2.67. The van der Waals surface area contributed by atoms with Crippen molar-refractivity contribution in [2.24, 2.45) is 0 Å². The van der Waals surface area contributed by atoms with Crippen LogP contribution in [-0.2, 0) is 0 Å². The summed E-state index contributed by atoms with van der Waals surface area (Å²) in [6, 6.07) is 2.03. The summed E-state index contributed by atoms with van der Waals surface area (Å²) in [5.74, 6) is 2.92. The summed E-state index contributed by atoms with van der Waals surface area (Å²) < 4.78 is 5.19. The summed E-state index contributed by atoms with van der Waals surface area (Å²) in [7, 11) is 1.87. The monoisotopic (exact) mass is 244 g/mol. The van der Waals surface area contributed by atoms with Crippen molar-refractivity contribution in [3.63, 3.8) is 0 Å². The number of anilines is 1. The molecule has 2 aromatic rings. The molecule has 2 aromatic heterocycles. The summed E-state index contributed by atoms with van der Waals surface area (Å²) in [6.07, 6.45) is 2.45. The molecule has 1 aliphatic carbocycles. The fraction of sp³-hybridized carbons (Fsp3) is 0.462. The van der Waals surface area contributed by atoms with Crippen LogP contribution in [0, 0.1) is 13.8 Å². The van der Waals surface area contributed by atoms with Crippen molar-refractivity contribution in [1.29, 1.82) is 0 Å². The second kappa shape index (κ2) is 4.08. The number of hydrogen-bond acceptors (Lipinski definition) is 5. The van der Waals surface area contributed by atoms with Gasteiger partial charge < -0.3 is 9.84 Å². The van der Waals surface area contributed by atoms with Crippen molar-refractivity contribution in [2.75, 3.05) is 12.4 Å². The molecule has 0 bridgehead atoms. The van der Waals surface area contributed by atoms with Crippen LogP contribution in [0.25, 0.3) is 11.4 Å². The zero-order valence-corrected chi connectivity index (χ0v) is 10.8. The zero-order valence-electron chi connectivity index (χ0n) is 10.8. The number of hydrogen-bond donors (Lipinski definition) is 1. The molecule has 0 amide bonds. The smallest absolute Gasteiger partial charge is 0.167 e. The van der Waals surface area contributed by atoms with Crippen molar-refractivity contribution in [3.8, 4) is 11.4 Å². The largest absolute Gasteiger partial charge is 0.373 e. The molecule has 94 valence electrons. The Kier molecular flexibility index (Phi) is 2.54. The molecule has 5 heteroatoms. The zero-order chi connectivity index (χ0) is 12.7. The highest BCUT2D eigenvalue weighted by molar-refractivity contribution is 5.62. The minimum absolute atomic E-state index is 0.597. The van der Waals surface area contributed by atoms with Crippen molar-refractivity contribution in [2.45, 2.75) is 32.6 Å². The summed E-state index contributed by atoms with van der Waals surface area (Å²) in [5, 5.41) is 7.05. The molecule has 3 rings (SSSR count). The van der Waals surface area contributed by atoms with E-state index in [0.717, 1.165) is 28.5 Å². The molecule has 0 aliphatic heterocycles. The maximum absolute atomic E-state index is 5.19. The number of aromatic nitrogens is 3. The van der Waals surface area contributed by atoms with E-state index in [1.54, 1.807) is 0 Å². The van der Waals surface area contributed by atoms with Crippen molar-refractivity contribution in [1.82, 2.24) is 15.1 Å². The first kappa shape index (κ1) is 11.2. The third kappa shape index (κ3) is 1.85. The Morgan fingerprint density at radius 1 is 1.28 bits per heavy atom. The first-order valence-corrected chi connectivity index (χ1v) is 6.19. The van der Waals surface area contributed by atoms with Crippen molar-refractivity contribution < 1.29 is 4.52 Å². The molecular formula is C13H16N4O. The molecule has 0 aromatic carbocycles. The summed E-state index contributed by atoms with van der Waals surface area (Å²) >= 11 is 0. The molecule has 0 unspecified atom stereocenters. The van der Waals surface area contributed by atoms with Crippen LogP contribution >= 0.6 is 0 Å². The van der Waals surface area contributed by atoms with E-state index in [-0.39, 0.29) is 0 Å². The molecule has 1 fully saturated rings. The average Bonchev–Trinajstić information content (AvgIpc) is 3.16. The summed E-state index contributed by atoms with van der Waals surface area (Å²) in [6.45, 7) is 3.81. The van der Waals surface area contributed by atoms with Crippen molar-refractivity contribution >= 4 is 5.82 Å². The fourth-order valence-corrected chi connectivity index (χ4v) is 2.10. The molecule has 2 heterocycles. The van der Waals surface area contributed by atoms with E-state index in [4.69, 9.17) is 4.52 Å². The molecule has 0 saturated heterocycles. The van der Waals surface area contributed by atoms with Gasteiger partial charge >= 0.3 is 0 Å². The molecule has 0 atom stereocenters. The van der Waals surface area contributed by atoms with Gasteiger partial charge in [-0.3, -0.25) is 0 Å². The van der Waals surface area contributed by atoms with Gasteiger partial charge in [0, 0.05) is 24.7 Å². The van der Waals surface area contributed by atoms with E-state index in [0.29, 0.717) is 11.7 Å². The van der Waals surface area contributed by atoms with Crippen LogP contribution in [0.2, 0.25) is 0 Å². The quantitative estimate of drug-likeness (QED) is 0.899. The molecule has 1 saturated carbocycles. The lowest BCUT2D eigenvalue weighted by atomic mass is 10.2. The van der Waals surface area contributed by atoms with Crippen LogP contribution in [0.3, 0.4) is 0 Å². The van der Waals surface area contributed by atoms with E-state index in [1.807, 2.05) is 27.0 Å². The predicted molar refractivity (Wildman–Crippen MR) is 68.5 cm³/mol. The third-order valence-corrected chi connectivity index (χ3v) is 3.25. The van der Waals surface area contributed by atoms with E-state index < -0.39 is 0 Å². The Hall–Kier alpha value is -1.91. The minimum Gasteiger partial charge on any atom is -0.373 e. The van der Waals surface area contributed by atoms with Gasteiger partial charge in [-0.1, -0.05) is 5.16 Å². The van der Waals surface area contributed by atoms with Gasteiger partial charge in [0.1, 0.15) is 11.6 Å². The van der Waals surface area contributed by atoms with Crippen LogP contribution in [0.1, 0.15) is 35.9 Å². The Morgan fingerprint density at radius 3 is 2.61 bits per heavy atom. The van der Waals surface area contributed by atoms with Gasteiger partial charge in [-0.25, -0.2) is 9.97 Å². The van der Waals surface area contributed by atoms with Gasteiger partial charge in [-0.15, -0.1) is 0 Å². The Morgan fingerprint density at radius 2 is 2.06 bits per heavy atom. The van der Waals surface area contributed by atoms with E-state index >= 15 is 0 Å². The van der Waals surface area contributed by atoms with Gasteiger partial charge in [0.2, 0.25) is 0 Å². The Balaban J connectivity index is 2.13. The number of nitrogens with zero attached hydrogens (tertiary/aromatic N) is 3. The summed E-state index contributed by atoms with van der Waals surface area (Å²) in [5.41, 5.74) is 2.86. The maximum atomic E-state index is 5.19. The average molecular weight is 244 g/mol. The Labute approximate surface area is 106 Å². The topological polar surface area (TPSA) is 63.8 Å². The molecule has 18 heavy (non-hydrogen) atoms. The van der Waals surface area contributed by atoms with Gasteiger partial charge in [-0.2, -0.15) is 0 Å². The Bertz CT molecular complexity index is 567. The lowest BCUT2D eigenvalue weighted by Gasteiger charge is -2.06. The number of rotatable bonds is 3. The SMILES string of the molecule is CNc1cc(C2CC2)nc(-c2c(C)noc2C)n1. The highest BCUT2D eigenvalue weighted by Crippen LogP contribution is 2.40. The van der Waals surface area contributed by atoms with E-state index in [9.17, 15) is 0 Å². The van der Waals surface area contributed by atoms with Crippen LogP contribution in [0.5, 0.6) is 0 Å². The van der Waals surface area contributed by atoms with E-state index in [2.05, 4.69) is 20.4 Å². The molecule has 5 nitrogen and oxygen atoms in total. The second-order valence-electron chi connectivity index (χ2n) is 4.73. The molecular weight excluding hydrogens is 228 g/mol. The number of nitrogens with one attached hydrogen (secondary N) is 1. The van der Waals surface area contributed by atoms with Crippen LogP contribution in [0.4, 0.5) is 5.82 Å². The summed E-state index contributed by atoms with van der Waals surface area (Å²) in [4.78, 5) is 9.16. The number of aryl methyl sites for hydroxylation is 2. The van der Waals surface area contributed by atoms with Crippen molar-refractivity contribution in [3.05, 3.63) is 23.2 Å². The normalized spacial score (nSPS) is 14.8. The van der Waals surface area contributed by atoms with Gasteiger partial charge in [0.15, 0.2) is 5.82 Å². The molecule has 0 spiro atoms. The highest BCUT2D eigenvalue weighted by atomic mass is 16.5. The van der Waals surface area contributed by atoms with Crippen LogP contribution < -0.4 is 5.32 Å². The van der Waals surface area contributed by atoms with Gasteiger partial charge in [0.05, 0.1) is 11.3 Å². The molecule has 1 aliphatic rings. The third-order valence-electron chi connectivity index (χ3n) is 3.25. The van der Waals surface area contributed by atoms with E-state index in [1.165, 1.54) is 12.8 Å². The standard InChI is InChI=1S/C13H16N4O/c1-7-12(8(2)18-17-7)13-15-10(9-4-5-9)6-11(14-3)16-13/h6,9H,4-5H2,1-3H3,(H,14,15,16). The fourth-order valence-electron chi connectivity index (χ4n) is 2.10.